The summed E-state index contributed by atoms with van der Waals surface area (Å²) >= 11 is 0. The van der Waals surface area contributed by atoms with Crippen LogP contribution in [-0.2, 0) is 4.74 Å². The highest BCUT2D eigenvalue weighted by atomic mass is 16.6. The van der Waals surface area contributed by atoms with Crippen molar-refractivity contribution < 1.29 is 19.1 Å². The molecule has 1 aliphatic heterocycles. The molecule has 12 nitrogen and oxygen atoms in total. The van der Waals surface area contributed by atoms with Crippen LogP contribution in [-0.4, -0.2) is 90.6 Å². The Balaban J connectivity index is 0.998. The third-order valence-corrected chi connectivity index (χ3v) is 9.88. The van der Waals surface area contributed by atoms with Gasteiger partial charge in [-0.05, 0) is 97.2 Å². The Kier molecular flexibility index (Phi) is 8.54. The Hall–Kier alpha value is -4.19. The Labute approximate surface area is 275 Å². The molecule has 3 aliphatic rings. The van der Waals surface area contributed by atoms with Gasteiger partial charge in [-0.15, -0.1) is 0 Å². The summed E-state index contributed by atoms with van der Waals surface area (Å²) in [4.78, 5) is 34.6. The molecule has 0 bridgehead atoms. The number of anilines is 1. The molecule has 0 atom stereocenters. The first-order chi connectivity index (χ1) is 22.6. The van der Waals surface area contributed by atoms with Gasteiger partial charge in [-0.3, -0.25) is 9.48 Å². The van der Waals surface area contributed by atoms with Gasteiger partial charge in [-0.2, -0.15) is 10.2 Å². The molecule has 2 aliphatic carbocycles. The summed E-state index contributed by atoms with van der Waals surface area (Å²) in [7, 11) is 2.25. The minimum atomic E-state index is -0.469. The van der Waals surface area contributed by atoms with Crippen LogP contribution in [0.2, 0.25) is 0 Å². The number of hydrogen-bond donors (Lipinski definition) is 1. The number of fused-ring (bicyclic) bond motifs is 2. The van der Waals surface area contributed by atoms with Crippen molar-refractivity contribution in [3.8, 4) is 5.75 Å². The van der Waals surface area contributed by atoms with Gasteiger partial charge in [0.05, 0.1) is 30.0 Å². The zero-order valence-electron chi connectivity index (χ0n) is 27.9. The molecule has 1 N–H and O–H groups in total. The molecule has 250 valence electrons. The Bertz CT molecular complexity index is 1740. The lowest BCUT2D eigenvalue weighted by Gasteiger charge is -2.42. The molecule has 12 heteroatoms. The molecule has 2 saturated carbocycles. The van der Waals surface area contributed by atoms with E-state index in [1.54, 1.807) is 29.2 Å². The molecule has 4 aromatic rings. The number of amides is 2. The number of piperidine rings is 1. The van der Waals surface area contributed by atoms with Gasteiger partial charge in [0.25, 0.3) is 5.91 Å². The third kappa shape index (κ3) is 7.07. The maximum absolute atomic E-state index is 13.4. The van der Waals surface area contributed by atoms with E-state index in [0.29, 0.717) is 53.3 Å². The van der Waals surface area contributed by atoms with Gasteiger partial charge in [-0.1, -0.05) is 0 Å². The van der Waals surface area contributed by atoms with E-state index in [0.717, 1.165) is 62.5 Å². The van der Waals surface area contributed by atoms with Gasteiger partial charge in [0.2, 0.25) is 0 Å². The highest BCUT2D eigenvalue weighted by molar-refractivity contribution is 6.09. The Morgan fingerprint density at radius 3 is 2.49 bits per heavy atom. The minimum Gasteiger partial charge on any atom is -0.491 e. The number of nitrogens with zero attached hydrogens (tertiary/aromatic N) is 7. The summed E-state index contributed by atoms with van der Waals surface area (Å²) < 4.78 is 15.5. The van der Waals surface area contributed by atoms with E-state index < -0.39 is 5.60 Å². The molecule has 47 heavy (non-hydrogen) atoms. The molecule has 0 radical (unpaired) electrons. The highest BCUT2D eigenvalue weighted by Gasteiger charge is 2.33. The summed E-state index contributed by atoms with van der Waals surface area (Å²) in [5, 5.41) is 13.3. The maximum atomic E-state index is 13.4. The van der Waals surface area contributed by atoms with Crippen LogP contribution in [0.5, 0.6) is 5.75 Å². The Morgan fingerprint density at radius 1 is 1.02 bits per heavy atom. The van der Waals surface area contributed by atoms with E-state index >= 15 is 0 Å². The summed E-state index contributed by atoms with van der Waals surface area (Å²) in [6.45, 7) is 7.85. The van der Waals surface area contributed by atoms with Crippen LogP contribution in [0.1, 0.15) is 88.5 Å². The number of likely N-dealkylation sites (tertiary alicyclic amines) is 1. The second-order valence-corrected chi connectivity index (χ2v) is 14.5. The van der Waals surface area contributed by atoms with Crippen molar-refractivity contribution >= 4 is 34.2 Å². The lowest BCUT2D eigenvalue weighted by atomic mass is 9.88. The molecule has 4 heterocycles. The third-order valence-electron chi connectivity index (χ3n) is 9.88. The van der Waals surface area contributed by atoms with Gasteiger partial charge in [0, 0.05) is 55.2 Å². The van der Waals surface area contributed by atoms with Crippen molar-refractivity contribution in [2.24, 2.45) is 5.92 Å². The number of carbonyl (C=O) groups is 2. The average Bonchev–Trinajstić information content (AvgIpc) is 3.64. The first kappa shape index (κ1) is 31.4. The normalized spacial score (nSPS) is 21.0. The molecule has 3 aromatic heterocycles. The van der Waals surface area contributed by atoms with Gasteiger partial charge >= 0.3 is 6.09 Å². The topological polar surface area (TPSA) is 119 Å². The fourth-order valence-electron chi connectivity index (χ4n) is 6.96. The molecular weight excluding hydrogens is 596 g/mol. The van der Waals surface area contributed by atoms with Crippen LogP contribution in [0, 0.1) is 5.92 Å². The molecule has 0 spiro atoms. The van der Waals surface area contributed by atoms with Crippen LogP contribution < -0.4 is 10.1 Å². The van der Waals surface area contributed by atoms with E-state index in [1.165, 1.54) is 12.8 Å². The predicted molar refractivity (Wildman–Crippen MR) is 179 cm³/mol. The van der Waals surface area contributed by atoms with Crippen molar-refractivity contribution in [3.05, 3.63) is 48.5 Å². The van der Waals surface area contributed by atoms with Crippen molar-refractivity contribution in [3.63, 3.8) is 0 Å². The quantitative estimate of drug-likeness (QED) is 0.251. The zero-order chi connectivity index (χ0) is 32.7. The second-order valence-electron chi connectivity index (χ2n) is 14.5. The predicted octanol–water partition coefficient (Wildman–Crippen LogP) is 5.94. The summed E-state index contributed by atoms with van der Waals surface area (Å²) in [6.07, 6.45) is 15.5. The molecule has 3 fully saturated rings. The van der Waals surface area contributed by atoms with Crippen LogP contribution in [0.25, 0.3) is 16.6 Å². The van der Waals surface area contributed by atoms with Crippen molar-refractivity contribution in [1.82, 2.24) is 34.2 Å². The lowest BCUT2D eigenvalue weighted by Crippen LogP contribution is -2.50. The number of rotatable bonds is 8. The second kappa shape index (κ2) is 12.8. The van der Waals surface area contributed by atoms with Gasteiger partial charge in [0.15, 0.2) is 5.65 Å². The number of carbonyl (C=O) groups excluding carboxylic acids is 2. The van der Waals surface area contributed by atoms with Gasteiger partial charge < -0.3 is 24.6 Å². The van der Waals surface area contributed by atoms with E-state index in [4.69, 9.17) is 14.6 Å². The number of benzene rings is 1. The van der Waals surface area contributed by atoms with Crippen LogP contribution in [0.4, 0.5) is 10.5 Å². The fourth-order valence-corrected chi connectivity index (χ4v) is 6.96. The summed E-state index contributed by atoms with van der Waals surface area (Å²) in [6, 6.07) is 7.03. The number of ether oxygens (including phenoxy) is 2. The first-order valence-electron chi connectivity index (χ1n) is 17.1. The molecule has 0 unspecified atom stereocenters. The van der Waals surface area contributed by atoms with E-state index in [-0.39, 0.29) is 12.0 Å². The van der Waals surface area contributed by atoms with Crippen molar-refractivity contribution in [2.75, 3.05) is 32.1 Å². The molecule has 1 aromatic carbocycles. The number of nitrogens with one attached hydrogen (secondary N) is 1. The smallest absolute Gasteiger partial charge is 0.410 e. The molecular formula is C35H46N8O4. The van der Waals surface area contributed by atoms with Crippen LogP contribution in [0.15, 0.2) is 43.0 Å². The molecule has 2 amide bonds. The summed E-state index contributed by atoms with van der Waals surface area (Å²) in [5.74, 6) is 0.927. The maximum Gasteiger partial charge on any atom is 0.410 e. The van der Waals surface area contributed by atoms with Crippen molar-refractivity contribution in [2.45, 2.75) is 95.9 Å². The minimum absolute atomic E-state index is 0.203. The Morgan fingerprint density at radius 2 is 1.77 bits per heavy atom. The zero-order valence-corrected chi connectivity index (χ0v) is 27.9. The SMILES string of the molecule is CN(C1CCC(n2cc3cc(NC(=O)c4cnn5cccnc45)c(OCC4CC4)cc3n2)CC1)C1CCN(C(=O)OC(C)(C)C)CC1. The molecule has 1 saturated heterocycles. The lowest BCUT2D eigenvalue weighted by molar-refractivity contribution is 0.0113. The van der Waals surface area contributed by atoms with Crippen LogP contribution >= 0.6 is 0 Å². The van der Waals surface area contributed by atoms with E-state index in [2.05, 4.69) is 38.2 Å². The van der Waals surface area contributed by atoms with E-state index in [9.17, 15) is 9.59 Å². The average molecular weight is 643 g/mol. The summed E-state index contributed by atoms with van der Waals surface area (Å²) in [5.41, 5.74) is 1.93. The first-order valence-corrected chi connectivity index (χ1v) is 17.1. The van der Waals surface area contributed by atoms with Crippen molar-refractivity contribution in [1.29, 1.82) is 0 Å². The highest BCUT2D eigenvalue weighted by Crippen LogP contribution is 2.37. The monoisotopic (exact) mass is 642 g/mol. The number of hydrogen-bond acceptors (Lipinski definition) is 8. The van der Waals surface area contributed by atoms with Gasteiger partial charge in [0.1, 0.15) is 16.9 Å². The van der Waals surface area contributed by atoms with Crippen LogP contribution in [0.3, 0.4) is 0 Å². The molecule has 7 rings (SSSR count). The fraction of sp³-hybridized carbons (Fsp3) is 0.571. The van der Waals surface area contributed by atoms with E-state index in [1.807, 2.05) is 37.8 Å². The largest absolute Gasteiger partial charge is 0.491 e. The number of aromatic nitrogens is 5. The standard InChI is InChI=1S/C35H46N8O4/c1-35(2,3)47-34(45)41-16-12-26(13-17-41)40(4)25-8-10-27(11-9-25)43-21-24-18-30(31(19-29(24)39-43)46-22-23-6-7-23)38-33(44)28-20-37-42-15-5-14-36-32(28)42/h5,14-15,18-21,23,25-27H,6-13,16-17,22H2,1-4H3,(H,38,44). The van der Waals surface area contributed by atoms with Gasteiger partial charge in [-0.25, -0.2) is 14.3 Å².